The van der Waals surface area contributed by atoms with Crippen molar-refractivity contribution in [3.8, 4) is 0 Å². The molecule has 0 bridgehead atoms. The third-order valence-corrected chi connectivity index (χ3v) is 10.9. The van der Waals surface area contributed by atoms with Gasteiger partial charge in [-0.15, -0.1) is 0 Å². The van der Waals surface area contributed by atoms with Crippen LogP contribution >= 0.6 is 0 Å². The Kier molecular flexibility index (Phi) is 45.9. The van der Waals surface area contributed by atoms with Crippen LogP contribution in [0.4, 0.5) is 0 Å². The number of ether oxygens (including phenoxy) is 3. The summed E-state index contributed by atoms with van der Waals surface area (Å²) >= 11 is 0. The van der Waals surface area contributed by atoms with Gasteiger partial charge in [0.15, 0.2) is 6.10 Å². The predicted octanol–water partition coefficient (Wildman–Crippen LogP) is 16.3. The first-order chi connectivity index (χ1) is 29.0. The van der Waals surface area contributed by atoms with E-state index in [0.717, 1.165) is 83.5 Å². The van der Waals surface area contributed by atoms with Gasteiger partial charge in [-0.05, 0) is 44.9 Å². The van der Waals surface area contributed by atoms with Crippen molar-refractivity contribution in [2.45, 2.75) is 258 Å². The molecule has 0 aliphatic carbocycles. The fourth-order valence-corrected chi connectivity index (χ4v) is 7.10. The predicted molar refractivity (Wildman–Crippen MR) is 252 cm³/mol. The van der Waals surface area contributed by atoms with E-state index in [1.54, 1.807) is 0 Å². The lowest BCUT2D eigenvalue weighted by Gasteiger charge is -2.18. The van der Waals surface area contributed by atoms with E-state index >= 15 is 0 Å². The summed E-state index contributed by atoms with van der Waals surface area (Å²) in [5, 5.41) is 0. The van der Waals surface area contributed by atoms with Crippen molar-refractivity contribution in [1.29, 1.82) is 0 Å². The summed E-state index contributed by atoms with van der Waals surface area (Å²) in [4.78, 5) is 37.9. The molecule has 0 amide bonds. The molecule has 0 radical (unpaired) electrons. The van der Waals surface area contributed by atoms with E-state index < -0.39 is 6.10 Å². The van der Waals surface area contributed by atoms with Crippen molar-refractivity contribution < 1.29 is 28.6 Å². The number of rotatable bonds is 45. The second-order valence-corrected chi connectivity index (χ2v) is 16.8. The summed E-state index contributed by atoms with van der Waals surface area (Å²) in [6.07, 6.45) is 56.6. The van der Waals surface area contributed by atoms with Gasteiger partial charge in [0.2, 0.25) is 0 Å². The smallest absolute Gasteiger partial charge is 0.306 e. The lowest BCUT2D eigenvalue weighted by Crippen LogP contribution is -2.30. The number of carbonyl (C=O) groups excluding carboxylic acids is 3. The number of allylic oxidation sites excluding steroid dienone is 8. The quantitative estimate of drug-likeness (QED) is 0.0263. The first-order valence-electron chi connectivity index (χ1n) is 25.2. The molecule has 0 saturated carbocycles. The molecule has 0 N–H and O–H groups in total. The third kappa shape index (κ3) is 46.3. The Morgan fingerprint density at radius 2 is 0.610 bits per heavy atom. The topological polar surface area (TPSA) is 78.9 Å². The lowest BCUT2D eigenvalue weighted by atomic mass is 10.0. The van der Waals surface area contributed by atoms with E-state index in [1.165, 1.54) is 128 Å². The highest BCUT2D eigenvalue weighted by molar-refractivity contribution is 5.71. The minimum atomic E-state index is -0.777. The Labute approximate surface area is 365 Å². The molecule has 0 aliphatic heterocycles. The van der Waals surface area contributed by atoms with Crippen LogP contribution in [0.25, 0.3) is 0 Å². The molecule has 59 heavy (non-hydrogen) atoms. The highest BCUT2D eigenvalue weighted by Gasteiger charge is 2.19. The van der Waals surface area contributed by atoms with E-state index in [2.05, 4.69) is 69.4 Å². The van der Waals surface area contributed by atoms with E-state index in [0.29, 0.717) is 19.3 Å². The van der Waals surface area contributed by atoms with Gasteiger partial charge in [0, 0.05) is 19.3 Å². The Hall–Kier alpha value is -2.63. The molecule has 0 aromatic rings. The van der Waals surface area contributed by atoms with Crippen LogP contribution in [0.15, 0.2) is 48.6 Å². The van der Waals surface area contributed by atoms with Gasteiger partial charge < -0.3 is 14.2 Å². The maximum atomic E-state index is 12.8. The van der Waals surface area contributed by atoms with E-state index in [9.17, 15) is 14.4 Å². The van der Waals surface area contributed by atoms with Crippen LogP contribution in [-0.2, 0) is 28.6 Å². The third-order valence-electron chi connectivity index (χ3n) is 10.9. The molecule has 0 spiro atoms. The van der Waals surface area contributed by atoms with Crippen LogP contribution in [0, 0.1) is 0 Å². The van der Waals surface area contributed by atoms with E-state index in [4.69, 9.17) is 14.2 Å². The molecule has 0 rings (SSSR count). The zero-order valence-corrected chi connectivity index (χ0v) is 39.0. The second-order valence-electron chi connectivity index (χ2n) is 16.8. The van der Waals surface area contributed by atoms with Crippen LogP contribution in [0.3, 0.4) is 0 Å². The molecule has 0 heterocycles. The number of hydrogen-bond donors (Lipinski definition) is 0. The number of unbranched alkanes of at least 4 members (excludes halogenated alkanes) is 29. The molecular formula is C53H94O6. The summed E-state index contributed by atoms with van der Waals surface area (Å²) in [7, 11) is 0. The van der Waals surface area contributed by atoms with Gasteiger partial charge in [0.05, 0.1) is 0 Å². The normalized spacial score (nSPS) is 12.4. The zero-order chi connectivity index (χ0) is 43.0. The minimum absolute atomic E-state index is 0.0777. The first kappa shape index (κ1) is 56.4. The Bertz CT molecular complexity index is 1040. The molecule has 6 heteroatoms. The van der Waals surface area contributed by atoms with Crippen molar-refractivity contribution in [3.05, 3.63) is 48.6 Å². The van der Waals surface area contributed by atoms with Gasteiger partial charge in [-0.1, -0.05) is 236 Å². The van der Waals surface area contributed by atoms with Crippen LogP contribution in [-0.4, -0.2) is 37.2 Å². The zero-order valence-electron chi connectivity index (χ0n) is 39.0. The molecule has 0 aromatic heterocycles. The summed E-state index contributed by atoms with van der Waals surface area (Å²) < 4.78 is 16.7. The Morgan fingerprint density at radius 3 is 0.983 bits per heavy atom. The molecule has 6 nitrogen and oxygen atoms in total. The highest BCUT2D eigenvalue weighted by Crippen LogP contribution is 2.15. The fourth-order valence-electron chi connectivity index (χ4n) is 7.10. The van der Waals surface area contributed by atoms with E-state index in [1.807, 2.05) is 0 Å². The Balaban J connectivity index is 4.38. The second kappa shape index (κ2) is 48.0. The summed E-state index contributed by atoms with van der Waals surface area (Å²) in [6, 6.07) is 0. The minimum Gasteiger partial charge on any atom is -0.462 e. The van der Waals surface area contributed by atoms with Crippen LogP contribution in [0.2, 0.25) is 0 Å². The SMILES string of the molecule is CCCCC\C=C/C=C\C=C/C=C\CCCCCCCC(=O)OCC(COC(=O)CCCCCCCCCCCC)OC(=O)CCCCCCCCCCCCCCC. The first-order valence-corrected chi connectivity index (χ1v) is 25.2. The maximum absolute atomic E-state index is 12.8. The average Bonchev–Trinajstić information content (AvgIpc) is 3.23. The molecule has 0 saturated heterocycles. The van der Waals surface area contributed by atoms with Gasteiger partial charge in [0.25, 0.3) is 0 Å². The molecule has 0 aliphatic rings. The number of esters is 3. The maximum Gasteiger partial charge on any atom is 0.306 e. The molecule has 1 atom stereocenters. The monoisotopic (exact) mass is 827 g/mol. The fraction of sp³-hybridized carbons (Fsp3) is 0.792. The summed E-state index contributed by atoms with van der Waals surface area (Å²) in [6.45, 7) is 6.58. The lowest BCUT2D eigenvalue weighted by molar-refractivity contribution is -0.167. The van der Waals surface area contributed by atoms with Crippen molar-refractivity contribution in [3.63, 3.8) is 0 Å². The van der Waals surface area contributed by atoms with Crippen LogP contribution in [0.5, 0.6) is 0 Å². The van der Waals surface area contributed by atoms with Crippen molar-refractivity contribution in [1.82, 2.24) is 0 Å². The van der Waals surface area contributed by atoms with Crippen molar-refractivity contribution >= 4 is 17.9 Å². The van der Waals surface area contributed by atoms with Crippen molar-refractivity contribution in [2.75, 3.05) is 13.2 Å². The number of hydrogen-bond acceptors (Lipinski definition) is 6. The standard InChI is InChI=1S/C53H94O6/c1-4-7-10-13-16-19-22-24-25-26-27-28-30-31-34-37-40-43-46-52(55)58-49-50(48-57-51(54)45-42-39-36-33-21-18-15-12-9-6-3)59-53(56)47-44-41-38-35-32-29-23-20-17-14-11-8-5-2/h16,19,22,24-28,50H,4-15,17-18,20-21,23,29-49H2,1-3H3/b19-16-,24-22-,26-25-,28-27-. The van der Waals surface area contributed by atoms with Crippen LogP contribution < -0.4 is 0 Å². The van der Waals surface area contributed by atoms with Gasteiger partial charge in [-0.25, -0.2) is 0 Å². The van der Waals surface area contributed by atoms with Crippen LogP contribution in [0.1, 0.15) is 252 Å². The van der Waals surface area contributed by atoms with Gasteiger partial charge in [-0.2, -0.15) is 0 Å². The molecule has 0 fully saturated rings. The molecule has 1 unspecified atom stereocenters. The molecule has 0 aromatic carbocycles. The summed E-state index contributed by atoms with van der Waals surface area (Å²) in [5.74, 6) is -0.896. The average molecular weight is 827 g/mol. The van der Waals surface area contributed by atoms with Gasteiger partial charge in [0.1, 0.15) is 13.2 Å². The largest absolute Gasteiger partial charge is 0.462 e. The molecular weight excluding hydrogens is 733 g/mol. The molecule has 342 valence electrons. The van der Waals surface area contributed by atoms with Gasteiger partial charge in [-0.3, -0.25) is 14.4 Å². The summed E-state index contributed by atoms with van der Waals surface area (Å²) in [5.41, 5.74) is 0. The van der Waals surface area contributed by atoms with E-state index in [-0.39, 0.29) is 31.1 Å². The highest BCUT2D eigenvalue weighted by atomic mass is 16.6. The van der Waals surface area contributed by atoms with Crippen molar-refractivity contribution in [2.24, 2.45) is 0 Å². The Morgan fingerprint density at radius 1 is 0.339 bits per heavy atom. The van der Waals surface area contributed by atoms with Gasteiger partial charge >= 0.3 is 17.9 Å². The number of carbonyl (C=O) groups is 3.